The average molecular weight is 523 g/mol. The summed E-state index contributed by atoms with van der Waals surface area (Å²) in [6.07, 6.45) is 0.929. The van der Waals surface area contributed by atoms with Crippen molar-refractivity contribution in [1.29, 1.82) is 0 Å². The van der Waals surface area contributed by atoms with E-state index in [1.165, 1.54) is 5.56 Å². The molecule has 2 N–H and O–H groups in total. The molecule has 0 saturated carbocycles. The monoisotopic (exact) mass is 522 g/mol. The SMILES string of the molecule is Cc1ccc(NC(=S)N(CCCN2CCOCC2)Cc2cc3cc4c(cc3[nH]c2=O)OCCO4)c(C)c1. The van der Waals surface area contributed by atoms with Crippen molar-refractivity contribution in [2.75, 3.05) is 57.9 Å². The maximum absolute atomic E-state index is 13.1. The molecule has 0 unspecified atom stereocenters. The van der Waals surface area contributed by atoms with Crippen LogP contribution in [0.4, 0.5) is 5.69 Å². The fourth-order valence-electron chi connectivity index (χ4n) is 4.82. The third kappa shape index (κ3) is 6.23. The summed E-state index contributed by atoms with van der Waals surface area (Å²) in [5.74, 6) is 1.36. The molecule has 8 nitrogen and oxygen atoms in total. The summed E-state index contributed by atoms with van der Waals surface area (Å²) in [5.41, 5.74) is 4.57. The van der Waals surface area contributed by atoms with Crippen LogP contribution in [0.25, 0.3) is 10.9 Å². The van der Waals surface area contributed by atoms with Crippen LogP contribution in [0.3, 0.4) is 0 Å². The normalized spacial score (nSPS) is 15.5. The smallest absolute Gasteiger partial charge is 0.253 e. The summed E-state index contributed by atoms with van der Waals surface area (Å²) in [5, 5.41) is 4.93. The van der Waals surface area contributed by atoms with Crippen LogP contribution >= 0.6 is 12.2 Å². The number of thiocarbonyl (C=S) groups is 1. The summed E-state index contributed by atoms with van der Waals surface area (Å²) in [7, 11) is 0. The summed E-state index contributed by atoms with van der Waals surface area (Å²) in [6, 6.07) is 12.0. The van der Waals surface area contributed by atoms with Crippen molar-refractivity contribution in [3.63, 3.8) is 0 Å². The van der Waals surface area contributed by atoms with Gasteiger partial charge in [0.05, 0.1) is 25.3 Å². The number of fused-ring (bicyclic) bond motifs is 2. The van der Waals surface area contributed by atoms with Gasteiger partial charge < -0.3 is 29.4 Å². The van der Waals surface area contributed by atoms with Gasteiger partial charge in [-0.1, -0.05) is 17.7 Å². The molecule has 0 bridgehead atoms. The lowest BCUT2D eigenvalue weighted by Crippen LogP contribution is -2.40. The Balaban J connectivity index is 1.37. The zero-order valence-corrected chi connectivity index (χ0v) is 22.3. The molecular formula is C28H34N4O4S. The van der Waals surface area contributed by atoms with Crippen molar-refractivity contribution in [2.24, 2.45) is 0 Å². The summed E-state index contributed by atoms with van der Waals surface area (Å²) in [4.78, 5) is 20.6. The van der Waals surface area contributed by atoms with E-state index in [0.717, 1.165) is 68.0 Å². The summed E-state index contributed by atoms with van der Waals surface area (Å²) >= 11 is 5.87. The molecule has 0 radical (unpaired) electrons. The Kier molecular flexibility index (Phi) is 7.93. The van der Waals surface area contributed by atoms with Gasteiger partial charge >= 0.3 is 0 Å². The first-order valence-electron chi connectivity index (χ1n) is 12.8. The van der Waals surface area contributed by atoms with Crippen LogP contribution < -0.4 is 20.3 Å². The molecule has 2 aliphatic rings. The van der Waals surface area contributed by atoms with E-state index < -0.39 is 0 Å². The molecule has 5 rings (SSSR count). The average Bonchev–Trinajstić information content (AvgIpc) is 2.89. The molecule has 1 saturated heterocycles. The molecule has 0 atom stereocenters. The highest BCUT2D eigenvalue weighted by Crippen LogP contribution is 2.33. The lowest BCUT2D eigenvalue weighted by atomic mass is 10.1. The number of aromatic nitrogens is 1. The first kappa shape index (κ1) is 25.5. The van der Waals surface area contributed by atoms with Gasteiger partial charge in [0.2, 0.25) is 0 Å². The fraction of sp³-hybridized carbons (Fsp3) is 0.429. The Labute approximate surface area is 222 Å². The Bertz CT molecular complexity index is 1340. The number of anilines is 1. The Morgan fingerprint density at radius 2 is 1.81 bits per heavy atom. The number of aryl methyl sites for hydroxylation is 2. The third-order valence-electron chi connectivity index (χ3n) is 6.86. The lowest BCUT2D eigenvalue weighted by molar-refractivity contribution is 0.0367. The van der Waals surface area contributed by atoms with Gasteiger partial charge in [-0.2, -0.15) is 0 Å². The molecule has 0 aliphatic carbocycles. The quantitative estimate of drug-likeness (QED) is 0.454. The second-order valence-electron chi connectivity index (χ2n) is 9.68. The van der Waals surface area contributed by atoms with Crippen molar-refractivity contribution >= 4 is 33.9 Å². The molecule has 1 fully saturated rings. The van der Waals surface area contributed by atoms with Crippen LogP contribution in [0.2, 0.25) is 0 Å². The van der Waals surface area contributed by atoms with E-state index >= 15 is 0 Å². The van der Waals surface area contributed by atoms with Crippen LogP contribution in [0.5, 0.6) is 11.5 Å². The Hall–Kier alpha value is -3.14. The number of hydrogen-bond acceptors (Lipinski definition) is 6. The number of rotatable bonds is 7. The first-order valence-corrected chi connectivity index (χ1v) is 13.3. The number of morpholine rings is 1. The van der Waals surface area contributed by atoms with Gasteiger partial charge in [-0.15, -0.1) is 0 Å². The van der Waals surface area contributed by atoms with E-state index in [0.29, 0.717) is 41.9 Å². The molecule has 3 heterocycles. The van der Waals surface area contributed by atoms with Gasteiger partial charge in [0, 0.05) is 48.9 Å². The molecule has 196 valence electrons. The molecule has 3 aromatic rings. The van der Waals surface area contributed by atoms with Crippen molar-refractivity contribution in [3.8, 4) is 11.5 Å². The number of pyridine rings is 1. The number of benzene rings is 2. The first-order chi connectivity index (χ1) is 18.0. The highest BCUT2D eigenvalue weighted by molar-refractivity contribution is 7.80. The molecule has 0 spiro atoms. The Morgan fingerprint density at radius 3 is 2.57 bits per heavy atom. The molecule has 2 aromatic carbocycles. The molecular weight excluding hydrogens is 488 g/mol. The van der Waals surface area contributed by atoms with E-state index in [9.17, 15) is 4.79 Å². The minimum atomic E-state index is -0.128. The fourth-order valence-corrected chi connectivity index (χ4v) is 5.09. The highest BCUT2D eigenvalue weighted by atomic mass is 32.1. The molecule has 1 aromatic heterocycles. The topological polar surface area (TPSA) is 79.1 Å². The van der Waals surface area contributed by atoms with Gasteiger partial charge in [-0.05, 0) is 56.2 Å². The zero-order chi connectivity index (χ0) is 25.8. The van der Waals surface area contributed by atoms with E-state index in [2.05, 4.69) is 52.1 Å². The minimum absolute atomic E-state index is 0.128. The van der Waals surface area contributed by atoms with Crippen LogP contribution in [0.15, 0.2) is 41.2 Å². The molecule has 9 heteroatoms. The number of nitrogens with zero attached hydrogens (tertiary/aromatic N) is 2. The summed E-state index contributed by atoms with van der Waals surface area (Å²) < 4.78 is 16.9. The second kappa shape index (κ2) is 11.5. The van der Waals surface area contributed by atoms with Crippen molar-refractivity contribution in [2.45, 2.75) is 26.8 Å². The van der Waals surface area contributed by atoms with Crippen molar-refractivity contribution in [1.82, 2.24) is 14.8 Å². The van der Waals surface area contributed by atoms with E-state index in [1.54, 1.807) is 0 Å². The van der Waals surface area contributed by atoms with Gasteiger partial charge in [0.25, 0.3) is 5.56 Å². The zero-order valence-electron chi connectivity index (χ0n) is 21.5. The number of hydrogen-bond donors (Lipinski definition) is 2. The number of ether oxygens (including phenoxy) is 3. The Morgan fingerprint density at radius 1 is 1.05 bits per heavy atom. The molecule has 37 heavy (non-hydrogen) atoms. The van der Waals surface area contributed by atoms with Gasteiger partial charge in [0.1, 0.15) is 13.2 Å². The number of nitrogens with one attached hydrogen (secondary N) is 2. The lowest BCUT2D eigenvalue weighted by Gasteiger charge is -2.30. The maximum Gasteiger partial charge on any atom is 0.253 e. The second-order valence-corrected chi connectivity index (χ2v) is 10.1. The molecule has 0 amide bonds. The third-order valence-corrected chi connectivity index (χ3v) is 7.22. The van der Waals surface area contributed by atoms with E-state index in [1.807, 2.05) is 18.2 Å². The largest absolute Gasteiger partial charge is 0.486 e. The van der Waals surface area contributed by atoms with Crippen LogP contribution in [-0.2, 0) is 11.3 Å². The van der Waals surface area contributed by atoms with Crippen molar-refractivity contribution < 1.29 is 14.2 Å². The highest BCUT2D eigenvalue weighted by Gasteiger charge is 2.18. The van der Waals surface area contributed by atoms with Crippen molar-refractivity contribution in [3.05, 3.63) is 63.4 Å². The van der Waals surface area contributed by atoms with Crippen LogP contribution in [0.1, 0.15) is 23.1 Å². The van der Waals surface area contributed by atoms with Gasteiger partial charge in [-0.3, -0.25) is 9.69 Å². The van der Waals surface area contributed by atoms with Gasteiger partial charge in [-0.25, -0.2) is 0 Å². The predicted molar refractivity (Wildman–Crippen MR) is 150 cm³/mol. The van der Waals surface area contributed by atoms with Crippen LogP contribution in [0, 0.1) is 13.8 Å². The van der Waals surface area contributed by atoms with Gasteiger partial charge in [0.15, 0.2) is 16.6 Å². The summed E-state index contributed by atoms with van der Waals surface area (Å²) in [6.45, 7) is 10.7. The minimum Gasteiger partial charge on any atom is -0.486 e. The van der Waals surface area contributed by atoms with E-state index in [-0.39, 0.29) is 5.56 Å². The number of H-pyrrole nitrogens is 1. The number of aromatic amines is 1. The molecule has 2 aliphatic heterocycles. The van der Waals surface area contributed by atoms with E-state index in [4.69, 9.17) is 26.4 Å². The standard InChI is InChI=1S/C28H34N4O4S/c1-19-4-5-23(20(2)14-19)30-28(37)32(7-3-6-31-8-10-34-11-9-31)18-22-15-21-16-25-26(36-13-12-35-25)17-24(21)29-27(22)33/h4-5,14-17H,3,6-13,18H2,1-2H3,(H,29,33)(H,30,37). The predicted octanol–water partition coefficient (Wildman–Crippen LogP) is 3.84. The maximum atomic E-state index is 13.1. The van der Waals surface area contributed by atoms with Crippen LogP contribution in [-0.4, -0.2) is 72.5 Å².